The van der Waals surface area contributed by atoms with Gasteiger partial charge in [0.05, 0.1) is 18.2 Å². The summed E-state index contributed by atoms with van der Waals surface area (Å²) in [5.41, 5.74) is 1.16. The van der Waals surface area contributed by atoms with Gasteiger partial charge in [-0.05, 0) is 37.1 Å². The van der Waals surface area contributed by atoms with Gasteiger partial charge in [-0.15, -0.1) is 0 Å². The number of nitrogens with zero attached hydrogens (tertiary/aromatic N) is 1. The molecule has 0 bridgehead atoms. The second-order valence-electron chi connectivity index (χ2n) is 4.50. The molecule has 1 aliphatic rings. The highest BCUT2D eigenvalue weighted by Gasteiger charge is 2.17. The van der Waals surface area contributed by atoms with E-state index in [0.717, 1.165) is 38.0 Å². The summed E-state index contributed by atoms with van der Waals surface area (Å²) in [5, 5.41) is 10.2. The Morgan fingerprint density at radius 1 is 1.53 bits per heavy atom. The van der Waals surface area contributed by atoms with Gasteiger partial charge in [0.1, 0.15) is 5.75 Å². The van der Waals surface area contributed by atoms with Crippen LogP contribution in [0.15, 0.2) is 18.2 Å². The Labute approximate surface area is 107 Å². The Morgan fingerprint density at radius 2 is 2.35 bits per heavy atom. The second kappa shape index (κ2) is 5.71. The summed E-state index contributed by atoms with van der Waals surface area (Å²) in [4.78, 5) is 2.26. The van der Waals surface area contributed by atoms with Gasteiger partial charge in [-0.2, -0.15) is 0 Å². The van der Waals surface area contributed by atoms with E-state index in [-0.39, 0.29) is 6.10 Å². The van der Waals surface area contributed by atoms with Crippen LogP contribution in [0, 0.1) is 0 Å². The predicted octanol–water partition coefficient (Wildman–Crippen LogP) is 2.31. The van der Waals surface area contributed by atoms with E-state index in [9.17, 15) is 5.11 Å². The van der Waals surface area contributed by atoms with Crippen molar-refractivity contribution < 1.29 is 9.84 Å². The molecule has 1 N–H and O–H groups in total. The fraction of sp³-hybridized carbons (Fsp3) is 0.538. The van der Waals surface area contributed by atoms with E-state index in [0.29, 0.717) is 10.8 Å². The van der Waals surface area contributed by atoms with Gasteiger partial charge in [0.15, 0.2) is 0 Å². The molecule has 0 aromatic heterocycles. The Morgan fingerprint density at radius 3 is 3.00 bits per heavy atom. The van der Waals surface area contributed by atoms with E-state index in [1.165, 1.54) is 0 Å². The van der Waals surface area contributed by atoms with Crippen molar-refractivity contribution in [3.8, 4) is 5.75 Å². The molecule has 1 atom stereocenters. The number of halogens is 1. The molecule has 17 heavy (non-hydrogen) atoms. The number of benzene rings is 1. The van der Waals surface area contributed by atoms with Crippen LogP contribution in [-0.4, -0.2) is 36.3 Å². The molecule has 0 radical (unpaired) electrons. The van der Waals surface area contributed by atoms with Crippen LogP contribution in [0.5, 0.6) is 5.75 Å². The zero-order valence-corrected chi connectivity index (χ0v) is 10.8. The molecule has 0 saturated carbocycles. The number of aliphatic hydroxyl groups excluding tert-OH is 1. The minimum atomic E-state index is -0.183. The molecule has 1 aromatic carbocycles. The van der Waals surface area contributed by atoms with Gasteiger partial charge in [0, 0.05) is 13.1 Å². The Hall–Kier alpha value is -0.770. The smallest absolute Gasteiger partial charge is 0.137 e. The van der Waals surface area contributed by atoms with Crippen LogP contribution in [0.4, 0.5) is 0 Å². The van der Waals surface area contributed by atoms with Crippen molar-refractivity contribution in [1.82, 2.24) is 4.90 Å². The van der Waals surface area contributed by atoms with Gasteiger partial charge in [0.25, 0.3) is 0 Å². The molecule has 1 fully saturated rings. The molecule has 3 nitrogen and oxygen atoms in total. The van der Waals surface area contributed by atoms with E-state index in [2.05, 4.69) is 4.90 Å². The lowest BCUT2D eigenvalue weighted by atomic mass is 10.1. The highest BCUT2D eigenvalue weighted by atomic mass is 35.5. The van der Waals surface area contributed by atoms with Gasteiger partial charge < -0.3 is 9.84 Å². The zero-order valence-electron chi connectivity index (χ0n) is 10.0. The predicted molar refractivity (Wildman–Crippen MR) is 68.5 cm³/mol. The molecule has 4 heteroatoms. The first-order valence-electron chi connectivity index (χ1n) is 5.92. The standard InChI is InChI=1S/C13H18ClNO2/c1-17-13-5-4-10(7-12(13)14)8-15-6-2-3-11(16)9-15/h4-5,7,11,16H,2-3,6,8-9H2,1H3. The molecule has 1 aromatic rings. The van der Waals surface area contributed by atoms with Crippen molar-refractivity contribution in [3.63, 3.8) is 0 Å². The normalized spacial score (nSPS) is 21.5. The van der Waals surface area contributed by atoms with E-state index in [1.807, 2.05) is 18.2 Å². The first kappa shape index (κ1) is 12.7. The van der Waals surface area contributed by atoms with E-state index in [4.69, 9.17) is 16.3 Å². The number of hydrogen-bond donors (Lipinski definition) is 1. The first-order chi connectivity index (χ1) is 8.19. The summed E-state index contributed by atoms with van der Waals surface area (Å²) in [6.07, 6.45) is 1.79. The molecule has 0 aliphatic carbocycles. The van der Waals surface area contributed by atoms with Crippen molar-refractivity contribution in [1.29, 1.82) is 0 Å². The minimum Gasteiger partial charge on any atom is -0.495 e. The van der Waals surface area contributed by atoms with Gasteiger partial charge >= 0.3 is 0 Å². The fourth-order valence-corrected chi connectivity index (χ4v) is 2.52. The Balaban J connectivity index is 2.00. The molecule has 1 heterocycles. The maximum atomic E-state index is 9.61. The van der Waals surface area contributed by atoms with Gasteiger partial charge in [-0.3, -0.25) is 4.90 Å². The summed E-state index contributed by atoms with van der Waals surface area (Å²) in [7, 11) is 1.61. The summed E-state index contributed by atoms with van der Waals surface area (Å²) < 4.78 is 5.12. The highest BCUT2D eigenvalue weighted by molar-refractivity contribution is 6.32. The number of likely N-dealkylation sites (tertiary alicyclic amines) is 1. The van der Waals surface area contributed by atoms with Crippen molar-refractivity contribution >= 4 is 11.6 Å². The lowest BCUT2D eigenvalue weighted by molar-refractivity contribution is 0.0668. The third-order valence-corrected chi connectivity index (χ3v) is 3.40. The third-order valence-electron chi connectivity index (χ3n) is 3.10. The molecular weight excluding hydrogens is 238 g/mol. The molecular formula is C13H18ClNO2. The van der Waals surface area contributed by atoms with Crippen LogP contribution < -0.4 is 4.74 Å². The monoisotopic (exact) mass is 255 g/mol. The van der Waals surface area contributed by atoms with E-state index in [1.54, 1.807) is 7.11 Å². The zero-order chi connectivity index (χ0) is 12.3. The average Bonchev–Trinajstić information content (AvgIpc) is 2.29. The van der Waals surface area contributed by atoms with Crippen molar-refractivity contribution in [2.24, 2.45) is 0 Å². The number of β-amino-alcohol motifs (C(OH)–C–C–N with tert-alkyl or cyclic N) is 1. The molecule has 1 unspecified atom stereocenters. The van der Waals surface area contributed by atoms with Crippen LogP contribution >= 0.6 is 11.6 Å². The quantitative estimate of drug-likeness (QED) is 0.900. The first-order valence-corrected chi connectivity index (χ1v) is 6.29. The largest absolute Gasteiger partial charge is 0.495 e. The van der Waals surface area contributed by atoms with E-state index >= 15 is 0 Å². The van der Waals surface area contributed by atoms with Crippen molar-refractivity contribution in [2.75, 3.05) is 20.2 Å². The molecule has 0 spiro atoms. The van der Waals surface area contributed by atoms with Crippen molar-refractivity contribution in [2.45, 2.75) is 25.5 Å². The number of aliphatic hydroxyl groups is 1. The Kier molecular flexibility index (Phi) is 4.26. The SMILES string of the molecule is COc1ccc(CN2CCCC(O)C2)cc1Cl. The van der Waals surface area contributed by atoms with Gasteiger partial charge in [-0.25, -0.2) is 0 Å². The molecule has 94 valence electrons. The van der Waals surface area contributed by atoms with Crippen LogP contribution in [-0.2, 0) is 6.54 Å². The summed E-state index contributed by atoms with van der Waals surface area (Å²) in [5.74, 6) is 0.703. The lowest BCUT2D eigenvalue weighted by Crippen LogP contribution is -2.37. The van der Waals surface area contributed by atoms with Crippen LogP contribution in [0.3, 0.4) is 0 Å². The van der Waals surface area contributed by atoms with E-state index < -0.39 is 0 Å². The minimum absolute atomic E-state index is 0.183. The fourth-order valence-electron chi connectivity index (χ4n) is 2.24. The maximum Gasteiger partial charge on any atom is 0.137 e. The van der Waals surface area contributed by atoms with Gasteiger partial charge in [-0.1, -0.05) is 17.7 Å². The second-order valence-corrected chi connectivity index (χ2v) is 4.91. The number of rotatable bonds is 3. The average molecular weight is 256 g/mol. The molecule has 1 aliphatic heterocycles. The number of methoxy groups -OCH3 is 1. The maximum absolute atomic E-state index is 9.61. The Bertz CT molecular complexity index is 384. The topological polar surface area (TPSA) is 32.7 Å². The summed E-state index contributed by atoms with van der Waals surface area (Å²) >= 11 is 6.08. The molecule has 1 saturated heterocycles. The number of hydrogen-bond acceptors (Lipinski definition) is 3. The van der Waals surface area contributed by atoms with Gasteiger partial charge in [0.2, 0.25) is 0 Å². The van der Waals surface area contributed by atoms with Crippen LogP contribution in [0.2, 0.25) is 5.02 Å². The molecule has 2 rings (SSSR count). The summed E-state index contributed by atoms with van der Waals surface area (Å²) in [6, 6.07) is 5.84. The van der Waals surface area contributed by atoms with Crippen molar-refractivity contribution in [3.05, 3.63) is 28.8 Å². The summed E-state index contributed by atoms with van der Waals surface area (Å²) in [6.45, 7) is 2.63. The molecule has 0 amide bonds. The number of piperidine rings is 1. The number of ether oxygens (including phenoxy) is 1. The van der Waals surface area contributed by atoms with Crippen LogP contribution in [0.25, 0.3) is 0 Å². The third kappa shape index (κ3) is 3.35. The highest BCUT2D eigenvalue weighted by Crippen LogP contribution is 2.26. The lowest BCUT2D eigenvalue weighted by Gasteiger charge is -2.30. The van der Waals surface area contributed by atoms with Crippen LogP contribution in [0.1, 0.15) is 18.4 Å².